The van der Waals surface area contributed by atoms with Crippen molar-refractivity contribution in [1.29, 1.82) is 0 Å². The summed E-state index contributed by atoms with van der Waals surface area (Å²) in [5, 5.41) is 12.5. The van der Waals surface area contributed by atoms with Gasteiger partial charge in [-0.2, -0.15) is 0 Å². The van der Waals surface area contributed by atoms with Crippen LogP contribution in [0.3, 0.4) is 0 Å². The molecule has 17 heavy (non-hydrogen) atoms. The first-order valence-electron chi connectivity index (χ1n) is 4.67. The second-order valence-corrected chi connectivity index (χ2v) is 3.14. The minimum absolute atomic E-state index is 0.0181. The summed E-state index contributed by atoms with van der Waals surface area (Å²) >= 11 is 0. The van der Waals surface area contributed by atoms with Gasteiger partial charge in [0.25, 0.3) is 0 Å². The highest BCUT2D eigenvalue weighted by Crippen LogP contribution is 2.10. The number of carbonyl (C=O) groups excluding carboxylic acids is 1. The van der Waals surface area contributed by atoms with E-state index in [2.05, 4.69) is 5.32 Å². The third-order valence-corrected chi connectivity index (χ3v) is 1.87. The molecule has 2 amide bonds. The fraction of sp³-hybridized carbons (Fsp3) is 0.200. The predicted octanol–water partition coefficient (Wildman–Crippen LogP) is 0.849. The summed E-state index contributed by atoms with van der Waals surface area (Å²) < 4.78 is 25.9. The van der Waals surface area contributed by atoms with Crippen molar-refractivity contribution < 1.29 is 23.5 Å². The quantitative estimate of drug-likeness (QED) is 0.734. The molecule has 0 unspecified atom stereocenters. The average molecular weight is 244 g/mol. The first-order valence-corrected chi connectivity index (χ1v) is 4.67. The molecule has 0 aliphatic carbocycles. The smallest absolute Gasteiger partial charge is 0.323 e. The molecule has 1 rings (SSSR count). The van der Waals surface area contributed by atoms with E-state index in [0.717, 1.165) is 6.07 Å². The number of benzene rings is 1. The maximum Gasteiger partial charge on any atom is 0.323 e. The maximum atomic E-state index is 13.1. The molecule has 0 spiro atoms. The molecule has 5 nitrogen and oxygen atoms in total. The van der Waals surface area contributed by atoms with E-state index in [1.165, 1.54) is 12.1 Å². The summed E-state index contributed by atoms with van der Waals surface area (Å²) in [5.74, 6) is -3.24. The van der Waals surface area contributed by atoms with Gasteiger partial charge in [0.2, 0.25) is 0 Å². The zero-order valence-corrected chi connectivity index (χ0v) is 8.67. The number of halogens is 2. The van der Waals surface area contributed by atoms with Crippen LogP contribution in [0.1, 0.15) is 5.56 Å². The van der Waals surface area contributed by atoms with Gasteiger partial charge >= 0.3 is 12.0 Å². The summed E-state index contributed by atoms with van der Waals surface area (Å²) in [6.45, 7) is -0.771. The molecule has 92 valence electrons. The van der Waals surface area contributed by atoms with Gasteiger partial charge in [0.15, 0.2) is 11.6 Å². The Hall–Kier alpha value is -2.18. The summed E-state index contributed by atoms with van der Waals surface area (Å²) in [4.78, 5) is 21.1. The average Bonchev–Trinajstić information content (AvgIpc) is 2.28. The molecular weight excluding hydrogens is 234 g/mol. The van der Waals surface area contributed by atoms with Gasteiger partial charge < -0.3 is 15.7 Å². The van der Waals surface area contributed by atoms with Gasteiger partial charge in [-0.15, -0.1) is 0 Å². The normalized spacial score (nSPS) is 9.76. The van der Waals surface area contributed by atoms with Crippen molar-refractivity contribution in [2.45, 2.75) is 6.54 Å². The first kappa shape index (κ1) is 12.9. The monoisotopic (exact) mass is 244 g/mol. The first-order chi connectivity index (χ1) is 8.00. The van der Waals surface area contributed by atoms with Gasteiger partial charge in [-0.1, -0.05) is 12.1 Å². The van der Waals surface area contributed by atoms with E-state index in [1.54, 1.807) is 0 Å². The minimum Gasteiger partial charge on any atom is -0.480 e. The van der Waals surface area contributed by atoms with E-state index in [-0.39, 0.29) is 12.1 Å². The van der Waals surface area contributed by atoms with E-state index >= 15 is 0 Å². The van der Waals surface area contributed by atoms with Gasteiger partial charge in [-0.25, -0.2) is 13.6 Å². The van der Waals surface area contributed by atoms with Crippen LogP contribution in [0.5, 0.6) is 0 Å². The number of rotatable bonds is 4. The zero-order valence-electron chi connectivity index (χ0n) is 8.67. The Balaban J connectivity index is 2.47. The van der Waals surface area contributed by atoms with Crippen molar-refractivity contribution in [2.24, 2.45) is 0 Å². The molecule has 0 fully saturated rings. The van der Waals surface area contributed by atoms with E-state index in [4.69, 9.17) is 5.11 Å². The molecule has 0 aliphatic rings. The topological polar surface area (TPSA) is 78.4 Å². The molecule has 1 aromatic carbocycles. The molecule has 3 N–H and O–H groups in total. The number of carboxylic acid groups (broad SMARTS) is 1. The number of hydrogen-bond acceptors (Lipinski definition) is 2. The number of carboxylic acids is 1. The lowest BCUT2D eigenvalue weighted by atomic mass is 10.2. The van der Waals surface area contributed by atoms with Gasteiger partial charge in [0.05, 0.1) is 0 Å². The van der Waals surface area contributed by atoms with Crippen LogP contribution in [-0.4, -0.2) is 23.7 Å². The second-order valence-electron chi connectivity index (χ2n) is 3.14. The highest BCUT2D eigenvalue weighted by Gasteiger charge is 2.09. The van der Waals surface area contributed by atoms with Crippen molar-refractivity contribution in [3.8, 4) is 0 Å². The van der Waals surface area contributed by atoms with Crippen LogP contribution in [0.2, 0.25) is 0 Å². The number of nitrogens with one attached hydrogen (secondary N) is 2. The molecule has 0 bridgehead atoms. The van der Waals surface area contributed by atoms with Crippen LogP contribution in [0.25, 0.3) is 0 Å². The number of urea groups is 1. The lowest BCUT2D eigenvalue weighted by molar-refractivity contribution is -0.135. The van der Waals surface area contributed by atoms with Crippen molar-refractivity contribution in [2.75, 3.05) is 6.54 Å². The second kappa shape index (κ2) is 5.78. The molecule has 0 saturated carbocycles. The Morgan fingerprint density at radius 3 is 2.59 bits per heavy atom. The zero-order chi connectivity index (χ0) is 12.8. The van der Waals surface area contributed by atoms with Crippen LogP contribution < -0.4 is 10.6 Å². The lowest BCUT2D eigenvalue weighted by Gasteiger charge is -2.07. The Morgan fingerprint density at radius 2 is 1.94 bits per heavy atom. The third-order valence-electron chi connectivity index (χ3n) is 1.87. The van der Waals surface area contributed by atoms with Crippen molar-refractivity contribution in [3.05, 3.63) is 35.4 Å². The molecule has 0 aromatic heterocycles. The van der Waals surface area contributed by atoms with E-state index in [1.807, 2.05) is 5.32 Å². The van der Waals surface area contributed by atoms with Gasteiger partial charge in [0, 0.05) is 12.1 Å². The number of hydrogen-bond donors (Lipinski definition) is 3. The summed E-state index contributed by atoms with van der Waals surface area (Å²) in [5.41, 5.74) is -0.0181. The number of aliphatic carboxylic acids is 1. The van der Waals surface area contributed by atoms with Crippen molar-refractivity contribution >= 4 is 12.0 Å². The lowest BCUT2D eigenvalue weighted by Crippen LogP contribution is -2.38. The molecule has 0 aliphatic heterocycles. The van der Waals surface area contributed by atoms with E-state index < -0.39 is 30.2 Å². The Labute approximate surface area is 95.4 Å². The van der Waals surface area contributed by atoms with Gasteiger partial charge in [-0.3, -0.25) is 4.79 Å². The van der Waals surface area contributed by atoms with Gasteiger partial charge in [-0.05, 0) is 6.07 Å². The summed E-state index contributed by atoms with van der Waals surface area (Å²) in [6.07, 6.45) is 0. The fourth-order valence-corrected chi connectivity index (χ4v) is 1.08. The van der Waals surface area contributed by atoms with E-state index in [0.29, 0.717) is 0 Å². The summed E-state index contributed by atoms with van der Waals surface area (Å²) in [7, 11) is 0. The van der Waals surface area contributed by atoms with Crippen molar-refractivity contribution in [1.82, 2.24) is 10.6 Å². The highest BCUT2D eigenvalue weighted by molar-refractivity contribution is 5.79. The molecule has 0 atom stereocenters. The summed E-state index contributed by atoms with van der Waals surface area (Å²) in [6, 6.07) is 2.82. The van der Waals surface area contributed by atoms with Gasteiger partial charge in [0.1, 0.15) is 6.54 Å². The van der Waals surface area contributed by atoms with Crippen molar-refractivity contribution in [3.63, 3.8) is 0 Å². The Morgan fingerprint density at radius 1 is 1.24 bits per heavy atom. The van der Waals surface area contributed by atoms with Crippen LogP contribution in [-0.2, 0) is 11.3 Å². The molecule has 7 heteroatoms. The molecular formula is C10H10F2N2O3. The third kappa shape index (κ3) is 4.06. The SMILES string of the molecule is O=C(O)CNC(=O)NCc1cccc(F)c1F. The standard InChI is InChI=1S/C10H10F2N2O3/c11-7-3-1-2-6(9(7)12)4-13-10(17)14-5-8(15)16/h1-3H,4-5H2,(H,15,16)(H2,13,14,17). The molecule has 0 saturated heterocycles. The van der Waals surface area contributed by atoms with Crippen LogP contribution >= 0.6 is 0 Å². The predicted molar refractivity (Wildman–Crippen MR) is 54.2 cm³/mol. The fourth-order valence-electron chi connectivity index (χ4n) is 1.08. The Bertz CT molecular complexity index is 438. The van der Waals surface area contributed by atoms with Crippen LogP contribution in [0, 0.1) is 11.6 Å². The number of carbonyl (C=O) groups is 2. The molecule has 0 radical (unpaired) electrons. The number of amides is 2. The Kier molecular flexibility index (Phi) is 4.38. The molecule has 1 aromatic rings. The minimum atomic E-state index is -1.20. The maximum absolute atomic E-state index is 13.1. The largest absolute Gasteiger partial charge is 0.480 e. The van der Waals surface area contributed by atoms with E-state index in [9.17, 15) is 18.4 Å². The highest BCUT2D eigenvalue weighted by atomic mass is 19.2. The molecule has 0 heterocycles. The van der Waals surface area contributed by atoms with Crippen LogP contribution in [0.4, 0.5) is 13.6 Å². The van der Waals surface area contributed by atoms with Crippen LogP contribution in [0.15, 0.2) is 18.2 Å².